The van der Waals surface area contributed by atoms with Crippen molar-refractivity contribution in [2.75, 3.05) is 0 Å². The molecule has 2 heterocycles. The standard InChI is InChI=1S/C16H6Cl5NO8S3.2Na/c17-4-1-5-11(8(19)2-4)22-12(13(5)29-32(23,24)25)16-14(30-33(26,27)28)6-3-7(18)9(20)10(21)15(6)31-16;;/h1-3,22H,(H,23,24,25)(H,26,27,28);;/q;2*+1/p-2. The van der Waals surface area contributed by atoms with E-state index in [1.54, 1.807) is 0 Å². The molecule has 0 radical (unpaired) electrons. The van der Waals surface area contributed by atoms with E-state index in [1.807, 2.05) is 0 Å². The number of nitrogens with one attached hydrogen (secondary N) is 1. The fourth-order valence-electron chi connectivity index (χ4n) is 3.01. The van der Waals surface area contributed by atoms with Crippen LogP contribution in [0.1, 0.15) is 0 Å². The number of rotatable bonds is 5. The first kappa shape index (κ1) is 32.0. The molecule has 19 heteroatoms. The van der Waals surface area contributed by atoms with Crippen molar-refractivity contribution in [3.63, 3.8) is 0 Å². The molecule has 2 aromatic heterocycles. The molecule has 35 heavy (non-hydrogen) atoms. The quantitative estimate of drug-likeness (QED) is 0.137. The maximum atomic E-state index is 11.5. The normalized spacial score (nSPS) is 11.9. The summed E-state index contributed by atoms with van der Waals surface area (Å²) in [6.07, 6.45) is 0. The van der Waals surface area contributed by atoms with Crippen LogP contribution in [0.5, 0.6) is 11.5 Å². The van der Waals surface area contributed by atoms with Gasteiger partial charge in [0.2, 0.25) is 0 Å². The van der Waals surface area contributed by atoms with Gasteiger partial charge in [0.05, 0.1) is 35.2 Å². The van der Waals surface area contributed by atoms with Gasteiger partial charge in [-0.3, -0.25) is 0 Å². The van der Waals surface area contributed by atoms with E-state index in [-0.39, 0.29) is 116 Å². The van der Waals surface area contributed by atoms with E-state index in [9.17, 15) is 25.9 Å². The van der Waals surface area contributed by atoms with Gasteiger partial charge in [0, 0.05) is 15.8 Å². The van der Waals surface area contributed by atoms with Crippen LogP contribution < -0.4 is 67.5 Å². The molecule has 0 saturated heterocycles. The second-order valence-corrected chi connectivity index (χ2v) is 11.2. The maximum Gasteiger partial charge on any atom is 1.00 e. The minimum absolute atomic E-state index is 0. The molecule has 0 aliphatic rings. The molecule has 0 aliphatic carbocycles. The van der Waals surface area contributed by atoms with E-state index in [0.29, 0.717) is 0 Å². The van der Waals surface area contributed by atoms with Crippen molar-refractivity contribution in [3.05, 3.63) is 43.3 Å². The van der Waals surface area contributed by atoms with Gasteiger partial charge in [0.15, 0.2) is 11.5 Å². The molecule has 176 valence electrons. The molecule has 0 aliphatic heterocycles. The van der Waals surface area contributed by atoms with Crippen LogP contribution in [-0.4, -0.2) is 30.9 Å². The molecule has 4 aromatic rings. The maximum absolute atomic E-state index is 11.5. The van der Waals surface area contributed by atoms with Gasteiger partial charge in [-0.25, -0.2) is 16.8 Å². The smallest absolute Gasteiger partial charge is 0.716 e. The van der Waals surface area contributed by atoms with Crippen molar-refractivity contribution < 1.29 is 93.4 Å². The molecular formula is C16H4Cl5NNa2O8S3. The van der Waals surface area contributed by atoms with Crippen molar-refractivity contribution in [3.8, 4) is 22.1 Å². The van der Waals surface area contributed by atoms with Gasteiger partial charge in [-0.05, 0) is 18.2 Å². The average Bonchev–Trinajstić information content (AvgIpc) is 3.17. The van der Waals surface area contributed by atoms with Crippen LogP contribution in [0.4, 0.5) is 0 Å². The number of benzene rings is 2. The molecule has 0 atom stereocenters. The van der Waals surface area contributed by atoms with Crippen molar-refractivity contribution in [1.82, 2.24) is 4.98 Å². The monoisotopic (exact) mass is 655 g/mol. The summed E-state index contributed by atoms with van der Waals surface area (Å²) in [6.45, 7) is 0. The second kappa shape index (κ2) is 11.5. The Morgan fingerprint density at radius 2 is 1.34 bits per heavy atom. The summed E-state index contributed by atoms with van der Waals surface area (Å²) in [5.41, 5.74) is -0.179. The molecule has 1 N–H and O–H groups in total. The Morgan fingerprint density at radius 3 is 1.91 bits per heavy atom. The molecule has 0 saturated carbocycles. The third-order valence-corrected chi connectivity index (χ3v) is 8.00. The summed E-state index contributed by atoms with van der Waals surface area (Å²) in [7, 11) is -10.7. The first-order valence-electron chi connectivity index (χ1n) is 8.08. The van der Waals surface area contributed by atoms with Gasteiger partial charge >= 0.3 is 59.1 Å². The van der Waals surface area contributed by atoms with Crippen molar-refractivity contribution in [2.45, 2.75) is 0 Å². The zero-order valence-electron chi connectivity index (χ0n) is 17.1. The first-order valence-corrected chi connectivity index (χ1v) is 13.4. The minimum atomic E-state index is -5.34. The van der Waals surface area contributed by atoms with Gasteiger partial charge < -0.3 is 22.5 Å². The van der Waals surface area contributed by atoms with Crippen molar-refractivity contribution in [1.29, 1.82) is 0 Å². The number of aromatic amines is 1. The Morgan fingerprint density at radius 1 is 0.771 bits per heavy atom. The topological polar surface area (TPSA) is 149 Å². The van der Waals surface area contributed by atoms with Crippen molar-refractivity contribution >= 4 is 111 Å². The SMILES string of the molecule is O=S(=O)([O-])Oc1c(-c2sc3c(Cl)c(Cl)c(Cl)cc3c2OS(=O)(=O)[O-])[nH]c2c(Cl)cc(Cl)cc12.[Na+].[Na+]. The Hall–Kier alpha value is 0.810. The van der Waals surface area contributed by atoms with E-state index in [2.05, 4.69) is 13.4 Å². The van der Waals surface area contributed by atoms with Gasteiger partial charge in [-0.1, -0.05) is 58.0 Å². The molecule has 0 bridgehead atoms. The molecule has 9 nitrogen and oxygen atoms in total. The van der Waals surface area contributed by atoms with Gasteiger partial charge in [0.25, 0.3) is 20.8 Å². The fraction of sp³-hybridized carbons (Fsp3) is 0. The van der Waals surface area contributed by atoms with Crippen LogP contribution in [0.25, 0.3) is 31.6 Å². The Bertz CT molecular complexity index is 1690. The Labute approximate surface area is 271 Å². The molecule has 0 unspecified atom stereocenters. The average molecular weight is 658 g/mol. The molecular weight excluding hydrogens is 654 g/mol. The van der Waals surface area contributed by atoms with Crippen molar-refractivity contribution in [2.24, 2.45) is 0 Å². The second-order valence-electron chi connectivity index (χ2n) is 6.25. The van der Waals surface area contributed by atoms with Crippen LogP contribution in [-0.2, 0) is 20.8 Å². The number of fused-ring (bicyclic) bond motifs is 2. The number of H-pyrrole nitrogens is 1. The molecule has 2 aromatic carbocycles. The molecule has 0 amide bonds. The first-order chi connectivity index (χ1) is 15.2. The Balaban J connectivity index is 0.00000216. The van der Waals surface area contributed by atoms with E-state index < -0.39 is 32.3 Å². The van der Waals surface area contributed by atoms with E-state index in [4.69, 9.17) is 58.0 Å². The summed E-state index contributed by atoms with van der Waals surface area (Å²) in [4.78, 5) is 2.55. The van der Waals surface area contributed by atoms with E-state index in [1.165, 1.54) is 18.2 Å². The summed E-state index contributed by atoms with van der Waals surface area (Å²) < 4.78 is 78.1. The zero-order chi connectivity index (χ0) is 24.5. The summed E-state index contributed by atoms with van der Waals surface area (Å²) in [5.74, 6) is -1.13. The Kier molecular flexibility index (Phi) is 10.5. The fourth-order valence-corrected chi connectivity index (χ4v) is 6.28. The van der Waals surface area contributed by atoms with E-state index >= 15 is 0 Å². The predicted octanol–water partition coefficient (Wildman–Crippen LogP) is 0.00260. The van der Waals surface area contributed by atoms with Crippen LogP contribution >= 0.6 is 69.3 Å². The molecule has 4 rings (SSSR count). The minimum Gasteiger partial charge on any atom is -0.716 e. The third-order valence-electron chi connectivity index (χ3n) is 4.15. The van der Waals surface area contributed by atoms with Gasteiger partial charge in [-0.2, -0.15) is 0 Å². The van der Waals surface area contributed by atoms with Gasteiger partial charge in [-0.15, -0.1) is 11.3 Å². The summed E-state index contributed by atoms with van der Waals surface area (Å²) in [5, 5.41) is -0.231. The summed E-state index contributed by atoms with van der Waals surface area (Å²) >= 11 is 31.2. The third kappa shape index (κ3) is 6.70. The number of aromatic nitrogens is 1. The molecule has 0 spiro atoms. The number of thiophene rings is 1. The largest absolute Gasteiger partial charge is 1.00 e. The van der Waals surface area contributed by atoms with Crippen LogP contribution in [0.2, 0.25) is 25.1 Å². The van der Waals surface area contributed by atoms with Gasteiger partial charge in [0.1, 0.15) is 5.69 Å². The van der Waals surface area contributed by atoms with Crippen LogP contribution in [0.3, 0.4) is 0 Å². The van der Waals surface area contributed by atoms with E-state index in [0.717, 1.165) is 11.3 Å². The van der Waals surface area contributed by atoms with Crippen LogP contribution in [0.15, 0.2) is 18.2 Å². The number of halogens is 5. The summed E-state index contributed by atoms with van der Waals surface area (Å²) in [6, 6.07) is 3.77. The van der Waals surface area contributed by atoms with Crippen LogP contribution in [0, 0.1) is 0 Å². The zero-order valence-corrected chi connectivity index (χ0v) is 27.3. The predicted molar refractivity (Wildman–Crippen MR) is 125 cm³/mol. The number of hydrogen-bond donors (Lipinski definition) is 1. The molecule has 0 fully saturated rings. The number of hydrogen-bond acceptors (Lipinski definition) is 9.